The molecule has 0 spiro atoms. The average Bonchev–Trinajstić information content (AvgIpc) is 3.33. The number of rotatable bonds is 8. The van der Waals surface area contributed by atoms with E-state index in [4.69, 9.17) is 0 Å². The molecule has 0 radical (unpaired) electrons. The molecule has 1 aromatic heterocycles. The van der Waals surface area contributed by atoms with Crippen molar-refractivity contribution < 1.29 is 19.5 Å². The van der Waals surface area contributed by atoms with Crippen molar-refractivity contribution >= 4 is 51.6 Å². The van der Waals surface area contributed by atoms with E-state index >= 15 is 0 Å². The monoisotopic (exact) mass is 585 g/mol. The fourth-order valence-electron chi connectivity index (χ4n) is 5.53. The quantitative estimate of drug-likeness (QED) is 0.202. The highest BCUT2D eigenvalue weighted by Gasteiger charge is 2.34. The topological polar surface area (TPSA) is 119 Å². The zero-order valence-corrected chi connectivity index (χ0v) is 24.3. The Kier molecular flexibility index (Phi) is 8.91. The second-order valence-electron chi connectivity index (χ2n) is 10.4. The molecule has 3 N–H and O–H groups in total. The van der Waals surface area contributed by atoms with Gasteiger partial charge in [-0.15, -0.1) is 23.1 Å². The van der Waals surface area contributed by atoms with Gasteiger partial charge in [0.25, 0.3) is 0 Å². The molecule has 210 valence electrons. The number of hydrogen-bond donors (Lipinski definition) is 3. The number of benzene rings is 2. The lowest BCUT2D eigenvalue weighted by atomic mass is 9.82. The number of aliphatic carboxylic acids is 1. The van der Waals surface area contributed by atoms with Crippen LogP contribution in [0.1, 0.15) is 53.7 Å². The van der Waals surface area contributed by atoms with E-state index < -0.39 is 23.1 Å². The number of thioether (sulfide) groups is 1. The molecule has 0 bridgehead atoms. The number of carbonyl (C=O) groups excluding carboxylic acids is 2. The van der Waals surface area contributed by atoms with Crippen molar-refractivity contribution in [3.8, 4) is 6.07 Å². The predicted octanol–water partition coefficient (Wildman–Crippen LogP) is 6.62. The highest BCUT2D eigenvalue weighted by molar-refractivity contribution is 8.00. The third-order valence-electron chi connectivity index (χ3n) is 7.75. The summed E-state index contributed by atoms with van der Waals surface area (Å²) >= 11 is 2.86. The third kappa shape index (κ3) is 6.55. The Labute approximate surface area is 247 Å². The Balaban J connectivity index is 1.22. The van der Waals surface area contributed by atoms with Crippen LogP contribution >= 0.6 is 23.1 Å². The van der Waals surface area contributed by atoms with Crippen LogP contribution in [0.25, 0.3) is 0 Å². The number of carboxylic acids is 1. The fourth-order valence-corrected chi connectivity index (χ4v) is 7.74. The Morgan fingerprint density at radius 2 is 1.80 bits per heavy atom. The van der Waals surface area contributed by atoms with Crippen molar-refractivity contribution in [3.05, 3.63) is 88.3 Å². The molecule has 0 saturated heterocycles. The highest BCUT2D eigenvalue weighted by atomic mass is 32.2. The zero-order valence-electron chi connectivity index (χ0n) is 22.6. The number of allylic oxidation sites excluding steroid dienone is 2. The van der Waals surface area contributed by atoms with Gasteiger partial charge in [0.1, 0.15) is 11.1 Å². The first-order valence-electron chi connectivity index (χ1n) is 13.7. The summed E-state index contributed by atoms with van der Waals surface area (Å²) < 4.78 is 0. The van der Waals surface area contributed by atoms with Gasteiger partial charge in [-0.05, 0) is 74.3 Å². The van der Waals surface area contributed by atoms with Gasteiger partial charge in [0.15, 0.2) is 0 Å². The van der Waals surface area contributed by atoms with Crippen LogP contribution in [0.5, 0.6) is 0 Å². The maximum absolute atomic E-state index is 13.2. The second kappa shape index (κ2) is 12.8. The van der Waals surface area contributed by atoms with Crippen molar-refractivity contribution in [1.82, 2.24) is 0 Å². The van der Waals surface area contributed by atoms with E-state index in [9.17, 15) is 24.8 Å². The summed E-state index contributed by atoms with van der Waals surface area (Å²) in [6, 6.07) is 19.9. The molecule has 3 aromatic rings. The van der Waals surface area contributed by atoms with Crippen LogP contribution in [-0.2, 0) is 27.2 Å². The van der Waals surface area contributed by atoms with E-state index in [0.29, 0.717) is 35.0 Å². The summed E-state index contributed by atoms with van der Waals surface area (Å²) in [5, 5.41) is 25.4. The van der Waals surface area contributed by atoms with Crippen LogP contribution in [0.4, 0.5) is 10.7 Å². The molecular formula is C32H31N3O4S2. The Morgan fingerprint density at radius 1 is 1.05 bits per heavy atom. The first kappa shape index (κ1) is 28.7. The van der Waals surface area contributed by atoms with Gasteiger partial charge in [0, 0.05) is 15.5 Å². The van der Waals surface area contributed by atoms with E-state index in [0.717, 1.165) is 29.7 Å². The standard InChI is InChI=1S/C32H31N3O4S2/c1-19(40-23-11-7-10-22(17-23)34-30(37)25-12-5-6-13-26(25)32(38)39)29(36)35-31-27(18-33)24-15-14-21(16-28(24)41-31)20-8-3-2-4-9-20/h2-11,17,19,21,25-26H,12-16H2,1H3,(H,34,37)(H,35,36)(H,38,39). The van der Waals surface area contributed by atoms with Gasteiger partial charge in [0.2, 0.25) is 11.8 Å². The average molecular weight is 586 g/mol. The summed E-state index contributed by atoms with van der Waals surface area (Å²) in [7, 11) is 0. The van der Waals surface area contributed by atoms with Crippen molar-refractivity contribution in [1.29, 1.82) is 5.26 Å². The van der Waals surface area contributed by atoms with Crippen molar-refractivity contribution in [2.75, 3.05) is 10.6 Å². The number of nitrogens with zero attached hydrogens (tertiary/aromatic N) is 1. The predicted molar refractivity (Wildman–Crippen MR) is 162 cm³/mol. The number of hydrogen-bond acceptors (Lipinski definition) is 6. The van der Waals surface area contributed by atoms with Crippen LogP contribution in [0, 0.1) is 23.2 Å². The lowest BCUT2D eigenvalue weighted by molar-refractivity contribution is -0.146. The molecule has 4 atom stereocenters. The van der Waals surface area contributed by atoms with Gasteiger partial charge in [-0.25, -0.2) is 0 Å². The molecule has 2 aliphatic rings. The minimum absolute atomic E-state index is 0.197. The van der Waals surface area contributed by atoms with Gasteiger partial charge >= 0.3 is 5.97 Å². The van der Waals surface area contributed by atoms with Crippen LogP contribution in [0.15, 0.2) is 71.6 Å². The highest BCUT2D eigenvalue weighted by Crippen LogP contribution is 2.42. The van der Waals surface area contributed by atoms with Crippen LogP contribution in [0.3, 0.4) is 0 Å². The zero-order chi connectivity index (χ0) is 28.9. The molecule has 0 fully saturated rings. The Bertz CT molecular complexity index is 1530. The number of nitrogens with one attached hydrogen (secondary N) is 2. The number of carboxylic acid groups (broad SMARTS) is 1. The summed E-state index contributed by atoms with van der Waals surface area (Å²) in [5.41, 5.74) is 3.49. The number of fused-ring (bicyclic) bond motifs is 1. The molecule has 0 saturated carbocycles. The van der Waals surface area contributed by atoms with E-state index in [1.54, 1.807) is 24.3 Å². The Hall–Kier alpha value is -3.87. The third-order valence-corrected chi connectivity index (χ3v) is 10.0. The molecule has 1 heterocycles. The van der Waals surface area contributed by atoms with Gasteiger partial charge in [0.05, 0.1) is 22.6 Å². The van der Waals surface area contributed by atoms with E-state index in [1.165, 1.54) is 33.5 Å². The second-order valence-corrected chi connectivity index (χ2v) is 12.9. The van der Waals surface area contributed by atoms with Gasteiger partial charge in [-0.3, -0.25) is 14.4 Å². The lowest BCUT2D eigenvalue weighted by Gasteiger charge is -2.24. The number of anilines is 2. The molecule has 9 heteroatoms. The summed E-state index contributed by atoms with van der Waals surface area (Å²) in [5.74, 6) is -2.46. The number of thiophene rings is 1. The first-order valence-corrected chi connectivity index (χ1v) is 15.4. The summed E-state index contributed by atoms with van der Waals surface area (Å²) in [6.07, 6.45) is 7.03. The van der Waals surface area contributed by atoms with E-state index in [-0.39, 0.29) is 11.8 Å². The van der Waals surface area contributed by atoms with Gasteiger partial charge in [-0.1, -0.05) is 48.6 Å². The molecule has 5 rings (SSSR count). The normalized spacial score (nSPS) is 20.3. The number of nitriles is 1. The van der Waals surface area contributed by atoms with Crippen molar-refractivity contribution in [2.45, 2.75) is 55.1 Å². The molecule has 41 heavy (non-hydrogen) atoms. The maximum atomic E-state index is 13.2. The first-order chi connectivity index (χ1) is 19.8. The molecule has 0 aliphatic heterocycles. The van der Waals surface area contributed by atoms with Gasteiger partial charge in [-0.2, -0.15) is 5.26 Å². The largest absolute Gasteiger partial charge is 0.481 e. The molecule has 7 nitrogen and oxygen atoms in total. The summed E-state index contributed by atoms with van der Waals surface area (Å²) in [4.78, 5) is 39.6. The fraction of sp³-hybridized carbons (Fsp3) is 0.312. The SMILES string of the molecule is CC(Sc1cccc(NC(=O)C2CC=CCC2C(=O)O)c1)C(=O)Nc1sc2c(c1C#N)CCC(c1ccccc1)C2. The molecular weight excluding hydrogens is 555 g/mol. The minimum atomic E-state index is -0.971. The van der Waals surface area contributed by atoms with Crippen molar-refractivity contribution in [2.24, 2.45) is 11.8 Å². The number of carbonyl (C=O) groups is 3. The molecule has 2 amide bonds. The number of amides is 2. The molecule has 2 aromatic carbocycles. The van der Waals surface area contributed by atoms with Crippen LogP contribution in [0.2, 0.25) is 0 Å². The van der Waals surface area contributed by atoms with Crippen LogP contribution < -0.4 is 10.6 Å². The summed E-state index contributed by atoms with van der Waals surface area (Å²) in [6.45, 7) is 1.81. The van der Waals surface area contributed by atoms with Crippen LogP contribution in [-0.4, -0.2) is 28.1 Å². The molecule has 4 unspecified atom stereocenters. The maximum Gasteiger partial charge on any atom is 0.307 e. The van der Waals surface area contributed by atoms with E-state index in [1.807, 2.05) is 25.1 Å². The minimum Gasteiger partial charge on any atom is -0.481 e. The van der Waals surface area contributed by atoms with Crippen molar-refractivity contribution in [3.63, 3.8) is 0 Å². The molecule has 2 aliphatic carbocycles. The Morgan fingerprint density at radius 3 is 2.54 bits per heavy atom. The van der Waals surface area contributed by atoms with Gasteiger partial charge < -0.3 is 15.7 Å². The lowest BCUT2D eigenvalue weighted by Crippen LogP contribution is -2.34. The smallest absolute Gasteiger partial charge is 0.307 e. The van der Waals surface area contributed by atoms with E-state index in [2.05, 4.69) is 41.0 Å².